The minimum absolute atomic E-state index is 0.0726. The molecule has 0 aromatic heterocycles. The number of carboxylic acids is 1. The predicted octanol–water partition coefficient (Wildman–Crippen LogP) is 1.56. The fraction of sp³-hybridized carbons (Fsp3) is 0.400. The zero-order valence-electron chi connectivity index (χ0n) is 12.0. The molecule has 0 fully saturated rings. The summed E-state index contributed by atoms with van der Waals surface area (Å²) in [5.74, 6) is -1.25. The lowest BCUT2D eigenvalue weighted by molar-refractivity contribution is -0.136. The number of amides is 2. The third kappa shape index (κ3) is 6.56. The van der Waals surface area contributed by atoms with E-state index in [0.717, 1.165) is 0 Å². The number of nitrogens with one attached hydrogen (secondary N) is 2. The highest BCUT2D eigenvalue weighted by atomic mass is 16.4. The first-order chi connectivity index (χ1) is 10.0. The zero-order valence-corrected chi connectivity index (χ0v) is 12.0. The molecule has 0 unspecified atom stereocenters. The van der Waals surface area contributed by atoms with E-state index < -0.39 is 5.97 Å². The van der Waals surface area contributed by atoms with Crippen molar-refractivity contribution < 1.29 is 19.5 Å². The summed E-state index contributed by atoms with van der Waals surface area (Å²) in [6.07, 6.45) is 0.838. The molecule has 0 bridgehead atoms. The number of carbonyl (C=O) groups is 3. The van der Waals surface area contributed by atoms with Crippen LogP contribution in [0.15, 0.2) is 24.3 Å². The van der Waals surface area contributed by atoms with Crippen molar-refractivity contribution in [3.8, 4) is 0 Å². The highest BCUT2D eigenvalue weighted by Crippen LogP contribution is 2.16. The lowest BCUT2D eigenvalue weighted by atomic mass is 10.1. The van der Waals surface area contributed by atoms with Gasteiger partial charge in [-0.2, -0.15) is 0 Å². The second-order valence-electron chi connectivity index (χ2n) is 4.58. The van der Waals surface area contributed by atoms with Gasteiger partial charge in [0.25, 0.3) is 0 Å². The second-order valence-corrected chi connectivity index (χ2v) is 4.58. The average Bonchev–Trinajstić information content (AvgIpc) is 2.40. The quantitative estimate of drug-likeness (QED) is 0.677. The highest BCUT2D eigenvalue weighted by Gasteiger charge is 2.10. The van der Waals surface area contributed by atoms with Gasteiger partial charge in [-0.1, -0.05) is 18.2 Å². The Kier molecular flexibility index (Phi) is 6.94. The number of anilines is 1. The molecule has 0 aliphatic rings. The number of carboxylic acid groups (broad SMARTS) is 1. The van der Waals surface area contributed by atoms with Crippen molar-refractivity contribution in [2.75, 3.05) is 11.9 Å². The Bertz CT molecular complexity index is 514. The number of carbonyl (C=O) groups excluding carboxylic acids is 2. The molecule has 0 spiro atoms. The van der Waals surface area contributed by atoms with Gasteiger partial charge in [-0.25, -0.2) is 0 Å². The minimum Gasteiger partial charge on any atom is -0.481 e. The molecule has 0 atom stereocenters. The Morgan fingerprint density at radius 1 is 1.10 bits per heavy atom. The van der Waals surface area contributed by atoms with Gasteiger partial charge in [-0.05, 0) is 25.0 Å². The summed E-state index contributed by atoms with van der Waals surface area (Å²) in [7, 11) is 0. The van der Waals surface area contributed by atoms with E-state index in [1.54, 1.807) is 24.3 Å². The van der Waals surface area contributed by atoms with E-state index in [1.807, 2.05) is 6.92 Å². The van der Waals surface area contributed by atoms with Gasteiger partial charge >= 0.3 is 5.97 Å². The molecule has 114 valence electrons. The summed E-state index contributed by atoms with van der Waals surface area (Å²) >= 11 is 0. The summed E-state index contributed by atoms with van der Waals surface area (Å²) < 4.78 is 0. The van der Waals surface area contributed by atoms with Crippen molar-refractivity contribution in [1.29, 1.82) is 0 Å². The number of benzene rings is 1. The molecule has 1 aromatic rings. The number of hydrogen-bond acceptors (Lipinski definition) is 3. The van der Waals surface area contributed by atoms with Crippen LogP contribution in [0, 0.1) is 0 Å². The zero-order chi connectivity index (χ0) is 15.7. The van der Waals surface area contributed by atoms with Crippen LogP contribution in [0.4, 0.5) is 5.69 Å². The van der Waals surface area contributed by atoms with Gasteiger partial charge in [0.1, 0.15) is 0 Å². The van der Waals surface area contributed by atoms with Crippen molar-refractivity contribution in [3.05, 3.63) is 29.8 Å². The second kappa shape index (κ2) is 8.73. The van der Waals surface area contributed by atoms with E-state index in [0.29, 0.717) is 30.6 Å². The molecule has 1 rings (SSSR count). The summed E-state index contributed by atoms with van der Waals surface area (Å²) in [6, 6.07) is 6.79. The van der Waals surface area contributed by atoms with Gasteiger partial charge in [0.2, 0.25) is 11.8 Å². The molecule has 6 heteroatoms. The average molecular weight is 292 g/mol. The Morgan fingerprint density at radius 2 is 1.76 bits per heavy atom. The SMILES string of the molecule is CCNC(=O)CCCC(=O)Nc1ccccc1CC(=O)O. The molecule has 21 heavy (non-hydrogen) atoms. The highest BCUT2D eigenvalue weighted by molar-refractivity contribution is 5.92. The maximum Gasteiger partial charge on any atom is 0.307 e. The Balaban J connectivity index is 2.47. The summed E-state index contributed by atoms with van der Waals surface area (Å²) in [5, 5.41) is 14.2. The molecule has 0 radical (unpaired) electrons. The fourth-order valence-electron chi connectivity index (χ4n) is 1.87. The third-order valence-electron chi connectivity index (χ3n) is 2.81. The van der Waals surface area contributed by atoms with Crippen molar-refractivity contribution >= 4 is 23.5 Å². The summed E-state index contributed by atoms with van der Waals surface area (Å²) in [6.45, 7) is 2.41. The van der Waals surface area contributed by atoms with E-state index in [-0.39, 0.29) is 24.7 Å². The van der Waals surface area contributed by atoms with Gasteiger partial charge < -0.3 is 15.7 Å². The largest absolute Gasteiger partial charge is 0.481 e. The smallest absolute Gasteiger partial charge is 0.307 e. The number of aliphatic carboxylic acids is 1. The maximum absolute atomic E-state index is 11.8. The van der Waals surface area contributed by atoms with E-state index in [9.17, 15) is 14.4 Å². The monoisotopic (exact) mass is 292 g/mol. The van der Waals surface area contributed by atoms with Crippen molar-refractivity contribution in [2.24, 2.45) is 0 Å². The van der Waals surface area contributed by atoms with Crippen LogP contribution in [-0.4, -0.2) is 29.4 Å². The predicted molar refractivity (Wildman–Crippen MR) is 78.9 cm³/mol. The van der Waals surface area contributed by atoms with Crippen LogP contribution in [0.5, 0.6) is 0 Å². The number of rotatable bonds is 8. The number of hydrogen-bond donors (Lipinski definition) is 3. The lowest BCUT2D eigenvalue weighted by Gasteiger charge is -2.09. The molecule has 0 saturated heterocycles. The van der Waals surface area contributed by atoms with E-state index in [1.165, 1.54) is 0 Å². The van der Waals surface area contributed by atoms with Gasteiger partial charge in [0, 0.05) is 25.1 Å². The molecule has 0 aliphatic carbocycles. The van der Waals surface area contributed by atoms with Gasteiger partial charge in [0.05, 0.1) is 6.42 Å². The third-order valence-corrected chi connectivity index (χ3v) is 2.81. The first-order valence-electron chi connectivity index (χ1n) is 6.89. The van der Waals surface area contributed by atoms with Crippen LogP contribution in [-0.2, 0) is 20.8 Å². The van der Waals surface area contributed by atoms with Gasteiger partial charge in [-0.15, -0.1) is 0 Å². The first-order valence-corrected chi connectivity index (χ1v) is 6.89. The van der Waals surface area contributed by atoms with Crippen LogP contribution >= 0.6 is 0 Å². The fourth-order valence-corrected chi connectivity index (χ4v) is 1.87. The standard InChI is InChI=1S/C15H20N2O4/c1-2-16-13(18)8-5-9-14(19)17-12-7-4-3-6-11(12)10-15(20)21/h3-4,6-7H,2,5,8-10H2,1H3,(H,16,18)(H,17,19)(H,20,21). The van der Waals surface area contributed by atoms with Crippen LogP contribution in [0.1, 0.15) is 31.7 Å². The van der Waals surface area contributed by atoms with Crippen molar-refractivity contribution in [1.82, 2.24) is 5.32 Å². The molecule has 0 heterocycles. The lowest BCUT2D eigenvalue weighted by Crippen LogP contribution is -2.22. The summed E-state index contributed by atoms with van der Waals surface area (Å²) in [5.41, 5.74) is 1.06. The number of para-hydroxylation sites is 1. The molecule has 2 amide bonds. The normalized spacial score (nSPS) is 9.95. The molecule has 0 aliphatic heterocycles. The summed E-state index contributed by atoms with van der Waals surface area (Å²) in [4.78, 5) is 33.8. The molecular formula is C15H20N2O4. The molecule has 1 aromatic carbocycles. The first kappa shape index (κ1) is 16.7. The Hall–Kier alpha value is -2.37. The van der Waals surface area contributed by atoms with E-state index in [4.69, 9.17) is 5.11 Å². The van der Waals surface area contributed by atoms with Crippen LogP contribution < -0.4 is 10.6 Å². The minimum atomic E-state index is -0.951. The maximum atomic E-state index is 11.8. The van der Waals surface area contributed by atoms with Gasteiger partial charge in [-0.3, -0.25) is 14.4 Å². The Labute approximate surface area is 123 Å². The molecular weight excluding hydrogens is 272 g/mol. The topological polar surface area (TPSA) is 95.5 Å². The van der Waals surface area contributed by atoms with Crippen LogP contribution in [0.3, 0.4) is 0 Å². The van der Waals surface area contributed by atoms with Crippen molar-refractivity contribution in [3.63, 3.8) is 0 Å². The van der Waals surface area contributed by atoms with E-state index in [2.05, 4.69) is 10.6 Å². The molecule has 0 saturated carbocycles. The molecule has 6 nitrogen and oxygen atoms in total. The Morgan fingerprint density at radius 3 is 2.43 bits per heavy atom. The van der Waals surface area contributed by atoms with Crippen LogP contribution in [0.25, 0.3) is 0 Å². The van der Waals surface area contributed by atoms with Crippen LogP contribution in [0.2, 0.25) is 0 Å². The van der Waals surface area contributed by atoms with Crippen molar-refractivity contribution in [2.45, 2.75) is 32.6 Å². The molecule has 3 N–H and O–H groups in total. The van der Waals surface area contributed by atoms with Gasteiger partial charge in [0.15, 0.2) is 0 Å². The van der Waals surface area contributed by atoms with E-state index >= 15 is 0 Å².